The van der Waals surface area contributed by atoms with Crippen LogP contribution in [0.4, 0.5) is 0 Å². The van der Waals surface area contributed by atoms with Crippen molar-refractivity contribution in [3.63, 3.8) is 0 Å². The second-order valence-corrected chi connectivity index (χ2v) is 4.55. The number of hydrogen-bond acceptors (Lipinski definition) is 3. The van der Waals surface area contributed by atoms with Gasteiger partial charge in [0.15, 0.2) is 0 Å². The molecule has 88 valence electrons. The zero-order valence-corrected chi connectivity index (χ0v) is 9.71. The van der Waals surface area contributed by atoms with Crippen LogP contribution < -0.4 is 5.73 Å². The summed E-state index contributed by atoms with van der Waals surface area (Å²) in [6, 6.07) is -0.488. The molecule has 0 bridgehead atoms. The lowest BCUT2D eigenvalue weighted by molar-refractivity contribution is -0.151. The van der Waals surface area contributed by atoms with Crippen molar-refractivity contribution >= 4 is 5.97 Å². The molecule has 0 aromatic carbocycles. The Kier molecular flexibility index (Phi) is 5.69. The Morgan fingerprint density at radius 3 is 2.07 bits per heavy atom. The third-order valence-electron chi connectivity index (χ3n) is 2.96. The van der Waals surface area contributed by atoms with Crippen LogP contribution in [0.3, 0.4) is 0 Å². The second-order valence-electron chi connectivity index (χ2n) is 4.55. The predicted octanol–water partition coefficient (Wildman–Crippen LogP) is 2.38. The van der Waals surface area contributed by atoms with E-state index in [0.717, 1.165) is 12.8 Å². The molecule has 1 saturated carbocycles. The monoisotopic (exact) mass is 213 g/mol. The van der Waals surface area contributed by atoms with Gasteiger partial charge in [-0.1, -0.05) is 25.7 Å². The molecule has 1 aliphatic rings. The van der Waals surface area contributed by atoms with E-state index >= 15 is 0 Å². The molecule has 15 heavy (non-hydrogen) atoms. The van der Waals surface area contributed by atoms with Gasteiger partial charge in [-0.2, -0.15) is 0 Å². The standard InChI is InChI=1S/C12H23NO2/c1-10(13)12(14)15-11-8-6-4-2-3-5-7-9-11/h10-11H,2-9,13H2,1H3/t10-/m1/s1. The van der Waals surface area contributed by atoms with Gasteiger partial charge in [0.1, 0.15) is 12.1 Å². The third kappa shape index (κ3) is 5.17. The number of ether oxygens (including phenoxy) is 1. The Morgan fingerprint density at radius 1 is 1.13 bits per heavy atom. The summed E-state index contributed by atoms with van der Waals surface area (Å²) in [5, 5.41) is 0. The molecule has 3 nitrogen and oxygen atoms in total. The fourth-order valence-electron chi connectivity index (χ4n) is 1.98. The van der Waals surface area contributed by atoms with E-state index in [1.165, 1.54) is 38.5 Å². The minimum atomic E-state index is -0.488. The van der Waals surface area contributed by atoms with Crippen molar-refractivity contribution in [2.24, 2.45) is 5.73 Å². The van der Waals surface area contributed by atoms with Crippen molar-refractivity contribution < 1.29 is 9.53 Å². The highest BCUT2D eigenvalue weighted by molar-refractivity contribution is 5.75. The van der Waals surface area contributed by atoms with E-state index in [1.807, 2.05) is 0 Å². The van der Waals surface area contributed by atoms with Crippen molar-refractivity contribution in [3.05, 3.63) is 0 Å². The van der Waals surface area contributed by atoms with E-state index in [0.29, 0.717) is 0 Å². The largest absolute Gasteiger partial charge is 0.461 e. The molecule has 2 N–H and O–H groups in total. The number of carbonyl (C=O) groups is 1. The number of hydrogen-bond donors (Lipinski definition) is 1. The van der Waals surface area contributed by atoms with Gasteiger partial charge in [-0.25, -0.2) is 0 Å². The van der Waals surface area contributed by atoms with E-state index in [9.17, 15) is 4.79 Å². The van der Waals surface area contributed by atoms with Crippen molar-refractivity contribution in [2.75, 3.05) is 0 Å². The molecular weight excluding hydrogens is 190 g/mol. The maximum atomic E-state index is 11.3. The van der Waals surface area contributed by atoms with E-state index in [4.69, 9.17) is 10.5 Å². The van der Waals surface area contributed by atoms with Crippen LogP contribution in [0.5, 0.6) is 0 Å². The van der Waals surface area contributed by atoms with Gasteiger partial charge in [0, 0.05) is 0 Å². The van der Waals surface area contributed by atoms with Gasteiger partial charge in [-0.3, -0.25) is 4.79 Å². The Labute approximate surface area is 92.4 Å². The minimum Gasteiger partial charge on any atom is -0.461 e. The number of rotatable bonds is 2. The van der Waals surface area contributed by atoms with E-state index in [1.54, 1.807) is 6.92 Å². The van der Waals surface area contributed by atoms with Crippen molar-refractivity contribution in [2.45, 2.75) is 70.4 Å². The van der Waals surface area contributed by atoms with Gasteiger partial charge < -0.3 is 10.5 Å². The lowest BCUT2D eigenvalue weighted by Gasteiger charge is -2.18. The lowest BCUT2D eigenvalue weighted by Crippen LogP contribution is -2.32. The van der Waals surface area contributed by atoms with E-state index in [2.05, 4.69) is 0 Å². The van der Waals surface area contributed by atoms with Crippen LogP contribution in [0.25, 0.3) is 0 Å². The van der Waals surface area contributed by atoms with Crippen LogP contribution in [0.15, 0.2) is 0 Å². The summed E-state index contributed by atoms with van der Waals surface area (Å²) in [6.07, 6.45) is 9.69. The molecule has 0 amide bonds. The molecule has 3 heteroatoms. The van der Waals surface area contributed by atoms with Gasteiger partial charge >= 0.3 is 5.97 Å². The van der Waals surface area contributed by atoms with Crippen molar-refractivity contribution in [1.29, 1.82) is 0 Å². The summed E-state index contributed by atoms with van der Waals surface area (Å²) in [7, 11) is 0. The zero-order chi connectivity index (χ0) is 11.1. The Bertz CT molecular complexity index is 182. The number of esters is 1. The Hall–Kier alpha value is -0.570. The van der Waals surface area contributed by atoms with Crippen LogP contribution in [-0.4, -0.2) is 18.1 Å². The molecular formula is C12H23NO2. The summed E-state index contributed by atoms with van der Waals surface area (Å²) in [5.41, 5.74) is 5.48. The first-order chi connectivity index (χ1) is 7.20. The zero-order valence-electron chi connectivity index (χ0n) is 9.71. The molecule has 1 fully saturated rings. The predicted molar refractivity (Wildman–Crippen MR) is 60.5 cm³/mol. The van der Waals surface area contributed by atoms with Crippen LogP contribution in [0.2, 0.25) is 0 Å². The molecule has 1 rings (SSSR count). The fraction of sp³-hybridized carbons (Fsp3) is 0.917. The molecule has 0 aliphatic heterocycles. The Balaban J connectivity index is 2.33. The number of carbonyl (C=O) groups excluding carboxylic acids is 1. The maximum absolute atomic E-state index is 11.3. The Morgan fingerprint density at radius 2 is 1.60 bits per heavy atom. The molecule has 0 spiro atoms. The average Bonchev–Trinajstić information content (AvgIpc) is 2.31. The molecule has 1 aliphatic carbocycles. The number of nitrogens with two attached hydrogens (primary N) is 1. The van der Waals surface area contributed by atoms with Crippen molar-refractivity contribution in [1.82, 2.24) is 0 Å². The van der Waals surface area contributed by atoms with Crippen LogP contribution in [-0.2, 0) is 9.53 Å². The fourth-order valence-corrected chi connectivity index (χ4v) is 1.98. The molecule has 0 aromatic rings. The maximum Gasteiger partial charge on any atom is 0.322 e. The smallest absolute Gasteiger partial charge is 0.322 e. The van der Waals surface area contributed by atoms with Crippen LogP contribution >= 0.6 is 0 Å². The normalized spacial score (nSPS) is 22.3. The van der Waals surface area contributed by atoms with Gasteiger partial charge in [0.25, 0.3) is 0 Å². The second kappa shape index (κ2) is 6.83. The lowest BCUT2D eigenvalue weighted by atomic mass is 10.1. The molecule has 0 saturated heterocycles. The SMILES string of the molecule is C[C@@H](N)C(=O)OC1CCCCCCCC1. The highest BCUT2D eigenvalue weighted by Gasteiger charge is 2.17. The summed E-state index contributed by atoms with van der Waals surface area (Å²) in [5.74, 6) is -0.251. The molecule has 0 heterocycles. The highest BCUT2D eigenvalue weighted by Crippen LogP contribution is 2.19. The average molecular weight is 213 g/mol. The quantitative estimate of drug-likeness (QED) is 0.716. The first-order valence-electron chi connectivity index (χ1n) is 6.16. The summed E-state index contributed by atoms with van der Waals surface area (Å²) in [6.45, 7) is 1.68. The molecule has 0 unspecified atom stereocenters. The summed E-state index contributed by atoms with van der Waals surface area (Å²) in [4.78, 5) is 11.3. The van der Waals surface area contributed by atoms with Crippen LogP contribution in [0, 0.1) is 0 Å². The first kappa shape index (κ1) is 12.5. The first-order valence-corrected chi connectivity index (χ1v) is 6.16. The highest BCUT2D eigenvalue weighted by atomic mass is 16.5. The molecule has 1 atom stereocenters. The third-order valence-corrected chi connectivity index (χ3v) is 2.96. The van der Waals surface area contributed by atoms with E-state index < -0.39 is 6.04 Å². The molecule has 0 radical (unpaired) electrons. The van der Waals surface area contributed by atoms with Gasteiger partial charge in [0.05, 0.1) is 0 Å². The minimum absolute atomic E-state index is 0.113. The summed E-state index contributed by atoms with van der Waals surface area (Å²) >= 11 is 0. The van der Waals surface area contributed by atoms with Gasteiger partial charge in [-0.05, 0) is 32.6 Å². The van der Waals surface area contributed by atoms with E-state index in [-0.39, 0.29) is 12.1 Å². The topological polar surface area (TPSA) is 52.3 Å². The van der Waals surface area contributed by atoms with Gasteiger partial charge in [-0.15, -0.1) is 0 Å². The summed E-state index contributed by atoms with van der Waals surface area (Å²) < 4.78 is 5.38. The molecule has 0 aromatic heterocycles. The van der Waals surface area contributed by atoms with Crippen molar-refractivity contribution in [3.8, 4) is 0 Å². The van der Waals surface area contributed by atoms with Crippen LogP contribution in [0.1, 0.15) is 58.3 Å². The van der Waals surface area contributed by atoms with Gasteiger partial charge in [0.2, 0.25) is 0 Å².